The molecule has 4 aromatic rings. The zero-order chi connectivity index (χ0) is 12.2. The van der Waals surface area contributed by atoms with E-state index in [0.717, 1.165) is 0 Å². The van der Waals surface area contributed by atoms with Crippen molar-refractivity contribution in [2.45, 2.75) is 0 Å². The van der Waals surface area contributed by atoms with Crippen molar-refractivity contribution in [1.82, 2.24) is 9.97 Å². The summed E-state index contributed by atoms with van der Waals surface area (Å²) in [6, 6.07) is 10.4. The van der Waals surface area contributed by atoms with Crippen LogP contribution in [0.5, 0.6) is 0 Å². The highest BCUT2D eigenvalue weighted by Gasteiger charge is 2.04. The Labute approximate surface area is 103 Å². The zero-order valence-corrected chi connectivity index (χ0v) is 9.63. The summed E-state index contributed by atoms with van der Waals surface area (Å²) in [7, 11) is 0. The Kier molecular flexibility index (Phi) is 2.75. The first-order valence-corrected chi connectivity index (χ1v) is 5.64. The highest BCUT2D eigenvalue weighted by Crippen LogP contribution is 2.19. The molecule has 0 fully saturated rings. The van der Waals surface area contributed by atoms with Gasteiger partial charge in [0.2, 0.25) is 5.52 Å². The fourth-order valence-electron chi connectivity index (χ4n) is 1.91. The molecule has 4 nitrogen and oxygen atoms in total. The maximum absolute atomic E-state index is 4.47. The molecular formula is C14H12N3O+. The molecule has 0 saturated heterocycles. The van der Waals surface area contributed by atoms with Gasteiger partial charge in [-0.2, -0.15) is 0 Å². The van der Waals surface area contributed by atoms with Crippen molar-refractivity contribution < 1.29 is 9.40 Å². The number of aromatic nitrogens is 3. The van der Waals surface area contributed by atoms with E-state index in [-0.39, 0.29) is 0 Å². The Balaban J connectivity index is 0.000000169. The molecule has 0 amide bonds. The molecule has 3 heterocycles. The van der Waals surface area contributed by atoms with Crippen molar-refractivity contribution in [3.05, 3.63) is 61.6 Å². The fraction of sp³-hybridized carbons (Fsp3) is 0. The largest absolute Gasteiger partial charge is 0.452 e. The molecule has 0 saturated carbocycles. The van der Waals surface area contributed by atoms with Crippen LogP contribution in [0.1, 0.15) is 0 Å². The molecule has 18 heavy (non-hydrogen) atoms. The first kappa shape index (κ1) is 10.5. The van der Waals surface area contributed by atoms with Crippen molar-refractivity contribution in [3.8, 4) is 0 Å². The van der Waals surface area contributed by atoms with Gasteiger partial charge >= 0.3 is 0 Å². The lowest BCUT2D eigenvalue weighted by atomic mass is 10.1. The van der Waals surface area contributed by atoms with E-state index in [1.54, 1.807) is 6.20 Å². The van der Waals surface area contributed by atoms with Gasteiger partial charge in [-0.25, -0.2) is 9.97 Å². The molecule has 0 radical (unpaired) electrons. The van der Waals surface area contributed by atoms with E-state index >= 15 is 0 Å². The van der Waals surface area contributed by atoms with E-state index in [0.29, 0.717) is 0 Å². The summed E-state index contributed by atoms with van der Waals surface area (Å²) in [5.74, 6) is 0. The Morgan fingerprint density at radius 2 is 2.17 bits per heavy atom. The maximum Gasteiger partial charge on any atom is 0.220 e. The van der Waals surface area contributed by atoms with Crippen LogP contribution in [0.4, 0.5) is 0 Å². The number of H-pyrrole nitrogens is 2. The van der Waals surface area contributed by atoms with Crippen molar-refractivity contribution in [1.29, 1.82) is 0 Å². The van der Waals surface area contributed by atoms with Crippen molar-refractivity contribution in [2.24, 2.45) is 0 Å². The third-order valence-corrected chi connectivity index (χ3v) is 2.71. The summed E-state index contributed by atoms with van der Waals surface area (Å²) < 4.78 is 4.47. The second kappa shape index (κ2) is 4.71. The van der Waals surface area contributed by atoms with Gasteiger partial charge in [0.25, 0.3) is 0 Å². The Bertz CT molecular complexity index is 727. The maximum atomic E-state index is 4.47. The molecular weight excluding hydrogens is 226 g/mol. The molecule has 4 heteroatoms. The predicted molar refractivity (Wildman–Crippen MR) is 68.9 cm³/mol. The van der Waals surface area contributed by atoms with Gasteiger partial charge in [0.05, 0.1) is 17.1 Å². The number of hydrogen-bond acceptors (Lipinski definition) is 2. The number of nitrogens with one attached hydrogen (secondary N) is 2. The summed E-state index contributed by atoms with van der Waals surface area (Å²) in [5, 5.41) is 2.49. The van der Waals surface area contributed by atoms with Gasteiger partial charge < -0.3 is 9.40 Å². The van der Waals surface area contributed by atoms with Crippen LogP contribution < -0.4 is 4.98 Å². The van der Waals surface area contributed by atoms with E-state index < -0.39 is 0 Å². The quantitative estimate of drug-likeness (QED) is 0.512. The molecule has 0 spiro atoms. The van der Waals surface area contributed by atoms with Crippen molar-refractivity contribution >= 4 is 21.8 Å². The van der Waals surface area contributed by atoms with Crippen LogP contribution >= 0.6 is 0 Å². The van der Waals surface area contributed by atoms with E-state index in [9.17, 15) is 0 Å². The van der Waals surface area contributed by atoms with Crippen LogP contribution in [0.15, 0.2) is 66.0 Å². The minimum Gasteiger partial charge on any atom is -0.452 e. The summed E-state index contributed by atoms with van der Waals surface area (Å²) in [5.41, 5.74) is 2.37. The normalized spacial score (nSPS) is 10.2. The number of pyridine rings is 1. The average molecular weight is 238 g/mol. The molecule has 0 aliphatic carbocycles. The molecule has 88 valence electrons. The highest BCUT2D eigenvalue weighted by molar-refractivity contribution is 6.01. The molecule has 4 rings (SSSR count). The SMILES string of the molecule is c1c[nH+]c2c(c1)ccc1[nH]ccc12.c1cocn1. The number of oxazole rings is 1. The zero-order valence-electron chi connectivity index (χ0n) is 9.63. The average Bonchev–Trinajstić information content (AvgIpc) is 3.12. The lowest BCUT2D eigenvalue weighted by Crippen LogP contribution is -2.00. The van der Waals surface area contributed by atoms with Crippen molar-refractivity contribution in [3.63, 3.8) is 0 Å². The molecule has 0 atom stereocenters. The lowest BCUT2D eigenvalue weighted by molar-refractivity contribution is -0.343. The monoisotopic (exact) mass is 238 g/mol. The molecule has 0 bridgehead atoms. The summed E-state index contributed by atoms with van der Waals surface area (Å²) in [6.07, 6.45) is 8.39. The number of benzene rings is 1. The van der Waals surface area contributed by atoms with Gasteiger partial charge in [-0.05, 0) is 24.3 Å². The minimum absolute atomic E-state index is 1.18. The molecule has 0 aliphatic rings. The first-order valence-electron chi connectivity index (χ1n) is 5.64. The van der Waals surface area contributed by atoms with Crippen molar-refractivity contribution in [2.75, 3.05) is 0 Å². The van der Waals surface area contributed by atoms with E-state index in [2.05, 4.69) is 43.6 Å². The van der Waals surface area contributed by atoms with Crippen LogP contribution in [0.25, 0.3) is 21.8 Å². The number of fused-ring (bicyclic) bond motifs is 3. The van der Waals surface area contributed by atoms with Crippen LogP contribution in [0, 0.1) is 0 Å². The van der Waals surface area contributed by atoms with Gasteiger partial charge in [-0.15, -0.1) is 0 Å². The predicted octanol–water partition coefficient (Wildman–Crippen LogP) is 2.81. The third-order valence-electron chi connectivity index (χ3n) is 2.71. The third kappa shape index (κ3) is 1.96. The lowest BCUT2D eigenvalue weighted by Gasteiger charge is -1.91. The highest BCUT2D eigenvalue weighted by atomic mass is 16.3. The topological polar surface area (TPSA) is 56.0 Å². The second-order valence-corrected chi connectivity index (χ2v) is 3.81. The van der Waals surface area contributed by atoms with Gasteiger partial charge in [0.1, 0.15) is 6.26 Å². The first-order chi connectivity index (χ1) is 8.95. The Morgan fingerprint density at radius 1 is 1.17 bits per heavy atom. The molecule has 3 aromatic heterocycles. The van der Waals surface area contributed by atoms with Gasteiger partial charge in [-0.1, -0.05) is 0 Å². The molecule has 1 aromatic carbocycles. The minimum atomic E-state index is 1.18. The second-order valence-electron chi connectivity index (χ2n) is 3.81. The van der Waals surface area contributed by atoms with E-state index in [1.807, 2.05) is 18.5 Å². The van der Waals surface area contributed by atoms with Gasteiger partial charge in [0.15, 0.2) is 12.6 Å². The number of hydrogen-bond donors (Lipinski definition) is 1. The Morgan fingerprint density at radius 3 is 2.94 bits per heavy atom. The summed E-state index contributed by atoms with van der Waals surface area (Å²) in [6.45, 7) is 0. The number of nitrogens with zero attached hydrogens (tertiary/aromatic N) is 1. The van der Waals surface area contributed by atoms with Crippen LogP contribution in [-0.4, -0.2) is 9.97 Å². The van der Waals surface area contributed by atoms with Crippen LogP contribution in [0.2, 0.25) is 0 Å². The fourth-order valence-corrected chi connectivity index (χ4v) is 1.91. The van der Waals surface area contributed by atoms with Crippen LogP contribution in [-0.2, 0) is 0 Å². The van der Waals surface area contributed by atoms with Crippen LogP contribution in [0.3, 0.4) is 0 Å². The smallest absolute Gasteiger partial charge is 0.220 e. The Hall–Kier alpha value is -2.62. The van der Waals surface area contributed by atoms with E-state index in [1.165, 1.54) is 34.5 Å². The summed E-state index contributed by atoms with van der Waals surface area (Å²) >= 11 is 0. The van der Waals surface area contributed by atoms with E-state index in [4.69, 9.17) is 0 Å². The number of aromatic amines is 2. The standard InChI is InChI=1S/C11H8N2.C3H3NO/c1-2-8-3-4-10-9(5-7-12-10)11(8)13-6-1;1-2-5-3-4-1/h1-7,12H;1-3H/p+1. The summed E-state index contributed by atoms with van der Waals surface area (Å²) in [4.78, 5) is 10.0. The van der Waals surface area contributed by atoms with Gasteiger partial charge in [0, 0.05) is 17.6 Å². The molecule has 2 N–H and O–H groups in total. The van der Waals surface area contributed by atoms with Gasteiger partial charge in [-0.3, -0.25) is 0 Å². The molecule has 0 unspecified atom stereocenters. The number of rotatable bonds is 0. The molecule has 0 aliphatic heterocycles.